The highest BCUT2D eigenvalue weighted by atomic mass is 32.1. The third kappa shape index (κ3) is 3.88. The quantitative estimate of drug-likeness (QED) is 0.691. The lowest BCUT2D eigenvalue weighted by atomic mass is 10.1. The zero-order valence-electron chi connectivity index (χ0n) is 15.5. The van der Waals surface area contributed by atoms with E-state index in [1.807, 2.05) is 60.0 Å². The maximum absolute atomic E-state index is 12.9. The van der Waals surface area contributed by atoms with Gasteiger partial charge >= 0.3 is 0 Å². The van der Waals surface area contributed by atoms with Crippen molar-refractivity contribution in [3.63, 3.8) is 0 Å². The van der Waals surface area contributed by atoms with E-state index in [1.54, 1.807) is 6.20 Å². The fourth-order valence-electron chi connectivity index (χ4n) is 3.19. The van der Waals surface area contributed by atoms with E-state index >= 15 is 0 Å². The molecular weight excluding hydrogens is 360 g/mol. The molecule has 1 amide bonds. The molecule has 0 bridgehead atoms. The molecule has 4 rings (SSSR count). The summed E-state index contributed by atoms with van der Waals surface area (Å²) >= 11 is 1.44. The minimum absolute atomic E-state index is 0.0684. The number of thiazole rings is 1. The minimum atomic E-state index is 0.0684. The number of rotatable bonds is 4. The van der Waals surface area contributed by atoms with Gasteiger partial charge in [-0.05, 0) is 38.1 Å². The fourth-order valence-corrected chi connectivity index (χ4v) is 4.19. The Morgan fingerprint density at radius 1 is 1.19 bits per heavy atom. The van der Waals surface area contributed by atoms with Crippen LogP contribution in [0.4, 0.5) is 0 Å². The van der Waals surface area contributed by atoms with Crippen molar-refractivity contribution in [2.75, 3.05) is 13.1 Å². The van der Waals surface area contributed by atoms with Gasteiger partial charge in [0.15, 0.2) is 5.13 Å². The summed E-state index contributed by atoms with van der Waals surface area (Å²) in [4.78, 5) is 24.4. The molecular formula is C20H22N4O2S. The third-order valence-electron chi connectivity index (χ3n) is 4.72. The second kappa shape index (κ2) is 7.52. The second-order valence-electron chi connectivity index (χ2n) is 6.75. The molecule has 27 heavy (non-hydrogen) atoms. The van der Waals surface area contributed by atoms with Crippen LogP contribution in [-0.2, 0) is 0 Å². The standard InChI is InChI=1S/C20H22N4O2S/c1-14-5-6-17(13-21-14)26-16-7-11-23(12-8-16)19(25)18-15(2)22-20(27-18)24-9-3-4-10-24/h3-6,9-10,13,16H,7-8,11-12H2,1-2H3. The molecule has 3 aromatic heterocycles. The summed E-state index contributed by atoms with van der Waals surface area (Å²) in [7, 11) is 0. The number of carbonyl (C=O) groups excluding carboxylic acids is 1. The molecule has 0 radical (unpaired) electrons. The maximum atomic E-state index is 12.9. The van der Waals surface area contributed by atoms with Crippen LogP contribution in [0.2, 0.25) is 0 Å². The summed E-state index contributed by atoms with van der Waals surface area (Å²) < 4.78 is 7.94. The summed E-state index contributed by atoms with van der Waals surface area (Å²) in [6.07, 6.45) is 7.40. The molecule has 0 N–H and O–H groups in total. The Balaban J connectivity index is 1.38. The SMILES string of the molecule is Cc1ccc(OC2CCN(C(=O)c3sc(-n4cccc4)nc3C)CC2)cn1. The second-order valence-corrected chi connectivity index (χ2v) is 7.72. The summed E-state index contributed by atoms with van der Waals surface area (Å²) in [5.74, 6) is 0.860. The van der Waals surface area contributed by atoms with Crippen LogP contribution in [-0.4, -0.2) is 44.5 Å². The molecule has 0 unspecified atom stereocenters. The Morgan fingerprint density at radius 3 is 2.59 bits per heavy atom. The molecule has 0 aromatic carbocycles. The molecule has 0 aliphatic carbocycles. The molecule has 140 valence electrons. The molecule has 0 spiro atoms. The first-order valence-corrected chi connectivity index (χ1v) is 9.91. The number of hydrogen-bond acceptors (Lipinski definition) is 5. The smallest absolute Gasteiger partial charge is 0.265 e. The van der Waals surface area contributed by atoms with E-state index < -0.39 is 0 Å². The summed E-state index contributed by atoms with van der Waals surface area (Å²) in [5.41, 5.74) is 1.76. The number of carbonyl (C=O) groups is 1. The molecule has 0 saturated carbocycles. The first-order chi connectivity index (χ1) is 13.1. The summed E-state index contributed by atoms with van der Waals surface area (Å²) in [5, 5.41) is 0.825. The highest BCUT2D eigenvalue weighted by Gasteiger charge is 2.27. The van der Waals surface area contributed by atoms with E-state index in [4.69, 9.17) is 4.74 Å². The van der Waals surface area contributed by atoms with Crippen LogP contribution in [0.15, 0.2) is 42.9 Å². The van der Waals surface area contributed by atoms with Gasteiger partial charge < -0.3 is 14.2 Å². The van der Waals surface area contributed by atoms with E-state index in [2.05, 4.69) is 9.97 Å². The topological polar surface area (TPSA) is 60.2 Å². The van der Waals surface area contributed by atoms with Crippen molar-refractivity contribution in [2.24, 2.45) is 0 Å². The third-order valence-corrected chi connectivity index (χ3v) is 5.88. The lowest BCUT2D eigenvalue weighted by Gasteiger charge is -2.32. The van der Waals surface area contributed by atoms with E-state index in [0.29, 0.717) is 13.1 Å². The molecule has 6 nitrogen and oxygen atoms in total. The van der Waals surface area contributed by atoms with Crippen molar-refractivity contribution in [1.29, 1.82) is 0 Å². The predicted octanol–water partition coefficient (Wildman–Crippen LogP) is 3.63. The van der Waals surface area contributed by atoms with Crippen LogP contribution in [0, 0.1) is 13.8 Å². The van der Waals surface area contributed by atoms with Crippen molar-refractivity contribution >= 4 is 17.2 Å². The van der Waals surface area contributed by atoms with Crippen LogP contribution in [0.25, 0.3) is 5.13 Å². The lowest BCUT2D eigenvalue weighted by Crippen LogP contribution is -2.41. The van der Waals surface area contributed by atoms with Gasteiger partial charge in [0.05, 0.1) is 11.9 Å². The van der Waals surface area contributed by atoms with E-state index in [-0.39, 0.29) is 12.0 Å². The predicted molar refractivity (Wildman–Crippen MR) is 105 cm³/mol. The Bertz CT molecular complexity index is 910. The van der Waals surface area contributed by atoms with E-state index in [9.17, 15) is 4.79 Å². The van der Waals surface area contributed by atoms with Gasteiger partial charge in [-0.15, -0.1) is 0 Å². The number of piperidine rings is 1. The Hall–Kier alpha value is -2.67. The van der Waals surface area contributed by atoms with E-state index in [0.717, 1.165) is 40.0 Å². The minimum Gasteiger partial charge on any atom is -0.489 e. The van der Waals surface area contributed by atoms with Crippen molar-refractivity contribution < 1.29 is 9.53 Å². The number of hydrogen-bond donors (Lipinski definition) is 0. The first kappa shape index (κ1) is 17.7. The van der Waals surface area contributed by atoms with Gasteiger partial charge in [-0.1, -0.05) is 11.3 Å². The van der Waals surface area contributed by atoms with Crippen LogP contribution < -0.4 is 4.74 Å². The number of nitrogens with zero attached hydrogens (tertiary/aromatic N) is 4. The number of ether oxygens (including phenoxy) is 1. The molecule has 1 aliphatic rings. The average Bonchev–Trinajstić information content (AvgIpc) is 3.33. The van der Waals surface area contributed by atoms with Crippen LogP contribution in [0.1, 0.15) is 33.9 Å². The van der Waals surface area contributed by atoms with Gasteiger partial charge in [-0.3, -0.25) is 9.78 Å². The zero-order chi connectivity index (χ0) is 18.8. The van der Waals surface area contributed by atoms with Crippen LogP contribution in [0.5, 0.6) is 5.75 Å². The van der Waals surface area contributed by atoms with Crippen molar-refractivity contribution in [2.45, 2.75) is 32.8 Å². The molecule has 1 aliphatic heterocycles. The summed E-state index contributed by atoms with van der Waals surface area (Å²) in [6, 6.07) is 7.80. The first-order valence-electron chi connectivity index (χ1n) is 9.09. The van der Waals surface area contributed by atoms with Gasteiger partial charge in [-0.2, -0.15) is 0 Å². The molecule has 1 fully saturated rings. The maximum Gasteiger partial charge on any atom is 0.265 e. The van der Waals surface area contributed by atoms with Gasteiger partial charge in [-0.25, -0.2) is 4.98 Å². The number of aryl methyl sites for hydroxylation is 2. The summed E-state index contributed by atoms with van der Waals surface area (Å²) in [6.45, 7) is 5.24. The van der Waals surface area contributed by atoms with Crippen molar-refractivity contribution in [1.82, 2.24) is 19.4 Å². The highest BCUT2D eigenvalue weighted by Crippen LogP contribution is 2.25. The molecule has 4 heterocycles. The number of aromatic nitrogens is 3. The van der Waals surface area contributed by atoms with Gasteiger partial charge in [0, 0.05) is 44.0 Å². The monoisotopic (exact) mass is 382 g/mol. The van der Waals surface area contributed by atoms with Gasteiger partial charge in [0.25, 0.3) is 5.91 Å². The lowest BCUT2D eigenvalue weighted by molar-refractivity contribution is 0.0598. The number of likely N-dealkylation sites (tertiary alicyclic amines) is 1. The average molecular weight is 382 g/mol. The van der Waals surface area contributed by atoms with Crippen molar-refractivity contribution in [3.8, 4) is 10.9 Å². The Labute approximate surface area is 162 Å². The van der Waals surface area contributed by atoms with Crippen molar-refractivity contribution in [3.05, 3.63) is 59.1 Å². The highest BCUT2D eigenvalue weighted by molar-refractivity contribution is 7.16. The molecule has 1 saturated heterocycles. The Morgan fingerprint density at radius 2 is 1.93 bits per heavy atom. The number of amides is 1. The molecule has 0 atom stereocenters. The number of pyridine rings is 1. The zero-order valence-corrected chi connectivity index (χ0v) is 16.3. The Kier molecular flexibility index (Phi) is 4.94. The molecule has 3 aromatic rings. The van der Waals surface area contributed by atoms with Crippen LogP contribution >= 0.6 is 11.3 Å². The van der Waals surface area contributed by atoms with Gasteiger partial charge in [0.1, 0.15) is 16.7 Å². The van der Waals surface area contributed by atoms with Crippen LogP contribution in [0.3, 0.4) is 0 Å². The normalized spacial score (nSPS) is 15.1. The molecule has 7 heteroatoms. The fraction of sp³-hybridized carbons (Fsp3) is 0.350. The van der Waals surface area contributed by atoms with Gasteiger partial charge in [0.2, 0.25) is 0 Å². The largest absolute Gasteiger partial charge is 0.489 e. The van der Waals surface area contributed by atoms with E-state index in [1.165, 1.54) is 11.3 Å².